The number of benzene rings is 1. The van der Waals surface area contributed by atoms with Crippen molar-refractivity contribution in [3.63, 3.8) is 0 Å². The van der Waals surface area contributed by atoms with E-state index in [4.69, 9.17) is 4.99 Å². The normalized spacial score (nSPS) is 16.0. The Hall–Kier alpha value is -2.34. The number of guanidine groups is 1. The first-order valence-corrected chi connectivity index (χ1v) is 10.1. The Kier molecular flexibility index (Phi) is 7.27. The van der Waals surface area contributed by atoms with E-state index in [0.717, 1.165) is 58.1 Å². The lowest BCUT2D eigenvalue weighted by Gasteiger charge is -2.33. The molecule has 1 aromatic carbocycles. The van der Waals surface area contributed by atoms with Gasteiger partial charge in [0.25, 0.3) is 0 Å². The van der Waals surface area contributed by atoms with Gasteiger partial charge < -0.3 is 10.6 Å². The summed E-state index contributed by atoms with van der Waals surface area (Å²) in [5.74, 6) is 0.905. The van der Waals surface area contributed by atoms with Crippen LogP contribution in [0.2, 0.25) is 0 Å². The fraction of sp³-hybridized carbons (Fsp3) is 0.524. The average molecular weight is 369 g/mol. The molecule has 1 aliphatic rings. The Labute approximate surface area is 162 Å². The highest BCUT2D eigenvalue weighted by molar-refractivity contribution is 5.79. The number of fused-ring (bicyclic) bond motifs is 1. The summed E-state index contributed by atoms with van der Waals surface area (Å²) in [5.41, 5.74) is 2.96. The van der Waals surface area contributed by atoms with Gasteiger partial charge in [-0.2, -0.15) is 5.10 Å². The van der Waals surface area contributed by atoms with Gasteiger partial charge in [-0.1, -0.05) is 24.3 Å². The van der Waals surface area contributed by atoms with Gasteiger partial charge in [-0.3, -0.25) is 14.6 Å². The van der Waals surface area contributed by atoms with Gasteiger partial charge in [-0.25, -0.2) is 0 Å². The molecule has 1 aliphatic heterocycles. The summed E-state index contributed by atoms with van der Waals surface area (Å²) in [4.78, 5) is 7.34. The molecule has 2 aromatic rings. The maximum absolute atomic E-state index is 4.81. The molecular formula is C21H32N6. The van der Waals surface area contributed by atoms with E-state index in [1.165, 1.54) is 11.1 Å². The second kappa shape index (κ2) is 10.1. The molecule has 27 heavy (non-hydrogen) atoms. The van der Waals surface area contributed by atoms with Crippen LogP contribution in [0.3, 0.4) is 0 Å². The molecular weight excluding hydrogens is 336 g/mol. The lowest BCUT2D eigenvalue weighted by molar-refractivity contribution is 0.195. The van der Waals surface area contributed by atoms with Crippen LogP contribution in [-0.4, -0.2) is 52.9 Å². The van der Waals surface area contributed by atoms with Crippen molar-refractivity contribution in [2.75, 3.05) is 26.2 Å². The van der Waals surface area contributed by atoms with Crippen molar-refractivity contribution in [1.29, 1.82) is 0 Å². The lowest BCUT2D eigenvalue weighted by atomic mass is 9.99. The summed E-state index contributed by atoms with van der Waals surface area (Å²) in [6, 6.07) is 11.2. The number of hydrogen-bond donors (Lipinski definition) is 2. The van der Waals surface area contributed by atoms with Crippen molar-refractivity contribution in [3.8, 4) is 0 Å². The molecule has 3 rings (SSSR count). The minimum atomic E-state index is 0.429. The zero-order valence-electron chi connectivity index (χ0n) is 16.6. The molecule has 1 atom stereocenters. The van der Waals surface area contributed by atoms with Crippen LogP contribution in [-0.2, 0) is 19.5 Å². The van der Waals surface area contributed by atoms with Crippen molar-refractivity contribution in [2.45, 2.75) is 45.8 Å². The molecule has 6 heteroatoms. The Morgan fingerprint density at radius 1 is 1.22 bits per heavy atom. The predicted octanol–water partition coefficient (Wildman–Crippen LogP) is 2.28. The number of aryl methyl sites for hydroxylation is 1. The van der Waals surface area contributed by atoms with Crippen LogP contribution in [0.5, 0.6) is 0 Å². The topological polar surface area (TPSA) is 57.5 Å². The van der Waals surface area contributed by atoms with E-state index < -0.39 is 0 Å². The molecule has 2 heterocycles. The van der Waals surface area contributed by atoms with Crippen molar-refractivity contribution in [1.82, 2.24) is 25.3 Å². The van der Waals surface area contributed by atoms with Gasteiger partial charge in [0.2, 0.25) is 0 Å². The van der Waals surface area contributed by atoms with E-state index in [9.17, 15) is 0 Å². The van der Waals surface area contributed by atoms with E-state index in [-0.39, 0.29) is 0 Å². The summed E-state index contributed by atoms with van der Waals surface area (Å²) >= 11 is 0. The van der Waals surface area contributed by atoms with Crippen LogP contribution in [0, 0.1) is 0 Å². The highest BCUT2D eigenvalue weighted by Gasteiger charge is 2.20. The average Bonchev–Trinajstić information content (AvgIpc) is 3.22. The molecule has 6 nitrogen and oxygen atoms in total. The molecule has 0 radical (unpaired) electrons. The van der Waals surface area contributed by atoms with Gasteiger partial charge in [0.15, 0.2) is 5.96 Å². The quantitative estimate of drug-likeness (QED) is 0.426. The monoisotopic (exact) mass is 368 g/mol. The largest absolute Gasteiger partial charge is 0.357 e. The Balaban J connectivity index is 1.45. The summed E-state index contributed by atoms with van der Waals surface area (Å²) in [5, 5.41) is 11.0. The first-order valence-electron chi connectivity index (χ1n) is 10.1. The van der Waals surface area contributed by atoms with Gasteiger partial charge in [-0.15, -0.1) is 0 Å². The van der Waals surface area contributed by atoms with Crippen LogP contribution in [0.15, 0.2) is 47.7 Å². The van der Waals surface area contributed by atoms with Crippen LogP contribution in [0.25, 0.3) is 0 Å². The Morgan fingerprint density at radius 2 is 2.07 bits per heavy atom. The molecule has 0 aliphatic carbocycles. The molecule has 146 valence electrons. The number of aromatic nitrogens is 2. The SMILES string of the molecule is CCNC(=NCC(C)N1CCc2ccccc2C1)NCCCn1cccn1. The number of nitrogens with one attached hydrogen (secondary N) is 2. The van der Waals surface area contributed by atoms with Gasteiger partial charge in [0, 0.05) is 51.2 Å². The number of aliphatic imine (C=N–C) groups is 1. The lowest BCUT2D eigenvalue weighted by Crippen LogP contribution is -2.42. The van der Waals surface area contributed by atoms with Gasteiger partial charge in [0.05, 0.1) is 6.54 Å². The summed E-state index contributed by atoms with van der Waals surface area (Å²) in [7, 11) is 0. The first-order chi connectivity index (χ1) is 13.3. The van der Waals surface area contributed by atoms with Crippen molar-refractivity contribution in [3.05, 3.63) is 53.9 Å². The summed E-state index contributed by atoms with van der Waals surface area (Å²) in [6.07, 6.45) is 5.97. The zero-order chi connectivity index (χ0) is 18.9. The number of rotatable bonds is 8. The second-order valence-electron chi connectivity index (χ2n) is 7.11. The van der Waals surface area contributed by atoms with E-state index in [2.05, 4.69) is 58.7 Å². The number of hydrogen-bond acceptors (Lipinski definition) is 3. The van der Waals surface area contributed by atoms with E-state index in [1.807, 2.05) is 23.1 Å². The third kappa shape index (κ3) is 5.82. The fourth-order valence-electron chi connectivity index (χ4n) is 3.45. The van der Waals surface area contributed by atoms with E-state index in [1.54, 1.807) is 0 Å². The number of nitrogens with zero attached hydrogens (tertiary/aromatic N) is 4. The van der Waals surface area contributed by atoms with Crippen molar-refractivity contribution < 1.29 is 0 Å². The van der Waals surface area contributed by atoms with Crippen LogP contribution < -0.4 is 10.6 Å². The van der Waals surface area contributed by atoms with Gasteiger partial charge >= 0.3 is 0 Å². The molecule has 0 amide bonds. The molecule has 0 saturated heterocycles. The molecule has 0 saturated carbocycles. The maximum Gasteiger partial charge on any atom is 0.191 e. The Morgan fingerprint density at radius 3 is 2.85 bits per heavy atom. The van der Waals surface area contributed by atoms with E-state index in [0.29, 0.717) is 6.04 Å². The van der Waals surface area contributed by atoms with Crippen molar-refractivity contribution in [2.24, 2.45) is 4.99 Å². The fourth-order valence-corrected chi connectivity index (χ4v) is 3.45. The summed E-state index contributed by atoms with van der Waals surface area (Å²) in [6.45, 7) is 10.0. The molecule has 1 unspecified atom stereocenters. The van der Waals surface area contributed by atoms with Gasteiger partial charge in [-0.05, 0) is 43.9 Å². The minimum absolute atomic E-state index is 0.429. The standard InChI is InChI=1S/C21H32N6/c1-3-22-21(23-11-6-13-27-14-7-12-25-27)24-16-18(2)26-15-10-19-8-4-5-9-20(19)17-26/h4-5,7-9,12,14,18H,3,6,10-11,13,15-17H2,1-2H3,(H2,22,23,24). The third-order valence-electron chi connectivity index (χ3n) is 5.06. The maximum atomic E-state index is 4.81. The van der Waals surface area contributed by atoms with Crippen LogP contribution >= 0.6 is 0 Å². The van der Waals surface area contributed by atoms with Crippen LogP contribution in [0.4, 0.5) is 0 Å². The van der Waals surface area contributed by atoms with Gasteiger partial charge in [0.1, 0.15) is 0 Å². The molecule has 1 aromatic heterocycles. The van der Waals surface area contributed by atoms with Crippen molar-refractivity contribution >= 4 is 5.96 Å². The highest BCUT2D eigenvalue weighted by Crippen LogP contribution is 2.20. The Bertz CT molecular complexity index is 709. The molecule has 0 spiro atoms. The molecule has 2 N–H and O–H groups in total. The minimum Gasteiger partial charge on any atom is -0.357 e. The zero-order valence-corrected chi connectivity index (χ0v) is 16.6. The van der Waals surface area contributed by atoms with E-state index >= 15 is 0 Å². The third-order valence-corrected chi connectivity index (χ3v) is 5.06. The second-order valence-corrected chi connectivity index (χ2v) is 7.11. The highest BCUT2D eigenvalue weighted by atomic mass is 15.3. The van der Waals surface area contributed by atoms with Crippen LogP contribution in [0.1, 0.15) is 31.4 Å². The summed E-state index contributed by atoms with van der Waals surface area (Å²) < 4.78 is 1.96. The predicted molar refractivity (Wildman–Crippen MR) is 111 cm³/mol. The smallest absolute Gasteiger partial charge is 0.191 e. The molecule has 0 fully saturated rings. The first kappa shape index (κ1) is 19.4. The molecule has 0 bridgehead atoms.